The molecule has 6 nitrogen and oxygen atoms in total. The van der Waals surface area contributed by atoms with Crippen molar-refractivity contribution in [3.8, 4) is 16.9 Å². The summed E-state index contributed by atoms with van der Waals surface area (Å²) in [4.78, 5) is 25.9. The van der Waals surface area contributed by atoms with Gasteiger partial charge in [0.25, 0.3) is 0 Å². The minimum atomic E-state index is -1.11. The molecule has 3 aromatic carbocycles. The van der Waals surface area contributed by atoms with Gasteiger partial charge in [0.05, 0.1) is 25.8 Å². The second-order valence-corrected chi connectivity index (χ2v) is 8.95. The average molecular weight is 507 g/mol. The Labute approximate surface area is 211 Å². The zero-order valence-electron chi connectivity index (χ0n) is 18.6. The Hall–Kier alpha value is -3.74. The molecule has 0 radical (unpaired) electrons. The zero-order valence-corrected chi connectivity index (χ0v) is 20.2. The highest BCUT2D eigenvalue weighted by Crippen LogP contribution is 2.39. The third-order valence-electron chi connectivity index (χ3n) is 6.16. The predicted octanol–water partition coefficient (Wildman–Crippen LogP) is 6.37. The van der Waals surface area contributed by atoms with Crippen LogP contribution >= 0.6 is 23.2 Å². The van der Waals surface area contributed by atoms with Crippen molar-refractivity contribution in [1.29, 1.82) is 0 Å². The van der Waals surface area contributed by atoms with Crippen LogP contribution in [-0.2, 0) is 13.1 Å². The van der Waals surface area contributed by atoms with Crippen LogP contribution in [0.3, 0.4) is 0 Å². The summed E-state index contributed by atoms with van der Waals surface area (Å²) in [5.41, 5.74) is 4.32. The Bertz CT molecular complexity index is 1490. The Balaban J connectivity index is 1.62. The zero-order chi connectivity index (χ0) is 24.7. The van der Waals surface area contributed by atoms with Crippen LogP contribution in [0.4, 0.5) is 5.69 Å². The smallest absolute Gasteiger partial charge is 0.352 e. The van der Waals surface area contributed by atoms with E-state index < -0.39 is 5.97 Å². The number of carbonyl (C=O) groups excluding carboxylic acids is 1. The quantitative estimate of drug-likeness (QED) is 0.307. The number of hydrogen-bond donors (Lipinski definition) is 2. The van der Waals surface area contributed by atoms with Gasteiger partial charge in [-0.05, 0) is 35.9 Å². The lowest BCUT2D eigenvalue weighted by atomic mass is 9.97. The second-order valence-electron chi connectivity index (χ2n) is 8.13. The van der Waals surface area contributed by atoms with Crippen molar-refractivity contribution in [3.63, 3.8) is 0 Å². The summed E-state index contributed by atoms with van der Waals surface area (Å²) < 4.78 is 7.22. The van der Waals surface area contributed by atoms with E-state index in [4.69, 9.17) is 27.9 Å². The van der Waals surface area contributed by atoms with Gasteiger partial charge in [-0.2, -0.15) is 0 Å². The van der Waals surface area contributed by atoms with Crippen molar-refractivity contribution < 1.29 is 19.4 Å². The van der Waals surface area contributed by atoms with E-state index >= 15 is 0 Å². The molecule has 5 rings (SSSR count). The van der Waals surface area contributed by atoms with E-state index in [2.05, 4.69) is 5.32 Å². The normalized spacial score (nSPS) is 12.2. The maximum absolute atomic E-state index is 13.8. The lowest BCUT2D eigenvalue weighted by Gasteiger charge is -2.14. The number of carboxylic acid groups (broad SMARTS) is 1. The highest BCUT2D eigenvalue weighted by atomic mass is 35.5. The molecule has 1 aromatic heterocycles. The van der Waals surface area contributed by atoms with Gasteiger partial charge in [0.1, 0.15) is 11.4 Å². The van der Waals surface area contributed by atoms with E-state index in [0.717, 1.165) is 11.3 Å². The molecule has 8 heteroatoms. The van der Waals surface area contributed by atoms with Crippen molar-refractivity contribution in [3.05, 3.63) is 105 Å². The number of benzene rings is 3. The fourth-order valence-corrected chi connectivity index (χ4v) is 4.95. The topological polar surface area (TPSA) is 80.6 Å². The first-order chi connectivity index (χ1) is 16.9. The molecule has 0 amide bonds. The van der Waals surface area contributed by atoms with Crippen LogP contribution in [0.2, 0.25) is 10.0 Å². The van der Waals surface area contributed by atoms with E-state index in [9.17, 15) is 14.7 Å². The van der Waals surface area contributed by atoms with Crippen LogP contribution in [0.15, 0.2) is 66.7 Å². The van der Waals surface area contributed by atoms with Gasteiger partial charge in [0.2, 0.25) is 0 Å². The van der Waals surface area contributed by atoms with Crippen LogP contribution in [0.1, 0.15) is 37.7 Å². The molecule has 4 aromatic rings. The maximum atomic E-state index is 13.8. The van der Waals surface area contributed by atoms with E-state index in [1.54, 1.807) is 22.8 Å². The van der Waals surface area contributed by atoms with E-state index in [0.29, 0.717) is 45.7 Å². The number of anilines is 1. The molecule has 2 N–H and O–H groups in total. The number of ketones is 1. The summed E-state index contributed by atoms with van der Waals surface area (Å²) in [5.74, 6) is -1.17. The molecule has 0 unspecified atom stereocenters. The number of methoxy groups -OCH3 is 1. The Morgan fingerprint density at radius 2 is 1.69 bits per heavy atom. The van der Waals surface area contributed by atoms with Gasteiger partial charge < -0.3 is 19.7 Å². The van der Waals surface area contributed by atoms with Crippen molar-refractivity contribution in [2.75, 3.05) is 12.4 Å². The molecular formula is C27H20Cl2N2O4. The largest absolute Gasteiger partial charge is 0.496 e. The summed E-state index contributed by atoms with van der Waals surface area (Å²) in [6.45, 7) is 0.621. The lowest BCUT2D eigenvalue weighted by Crippen LogP contribution is -2.13. The number of aromatic nitrogens is 1. The van der Waals surface area contributed by atoms with Crippen molar-refractivity contribution in [2.24, 2.45) is 0 Å². The minimum Gasteiger partial charge on any atom is -0.496 e. The third-order valence-corrected chi connectivity index (χ3v) is 6.80. The number of hydrogen-bond acceptors (Lipinski definition) is 4. The van der Waals surface area contributed by atoms with Crippen LogP contribution in [0.25, 0.3) is 11.1 Å². The van der Waals surface area contributed by atoms with Crippen LogP contribution in [0, 0.1) is 0 Å². The Kier molecular flexibility index (Phi) is 6.01. The van der Waals surface area contributed by atoms with E-state index in [1.807, 2.05) is 42.5 Å². The Morgan fingerprint density at radius 1 is 0.943 bits per heavy atom. The predicted molar refractivity (Wildman–Crippen MR) is 136 cm³/mol. The average Bonchev–Trinajstić information content (AvgIpc) is 3.10. The summed E-state index contributed by atoms with van der Waals surface area (Å²) >= 11 is 13.0. The van der Waals surface area contributed by atoms with Crippen molar-refractivity contribution in [1.82, 2.24) is 4.57 Å². The van der Waals surface area contributed by atoms with E-state index in [-0.39, 0.29) is 22.6 Å². The number of nitrogens with zero attached hydrogens (tertiary/aromatic N) is 1. The van der Waals surface area contributed by atoms with Crippen molar-refractivity contribution in [2.45, 2.75) is 13.1 Å². The first kappa shape index (κ1) is 23.0. The van der Waals surface area contributed by atoms with Gasteiger partial charge in [-0.15, -0.1) is 0 Å². The highest BCUT2D eigenvalue weighted by molar-refractivity contribution is 6.37. The first-order valence-corrected chi connectivity index (χ1v) is 11.6. The van der Waals surface area contributed by atoms with Gasteiger partial charge in [-0.3, -0.25) is 4.79 Å². The number of carboxylic acids is 1. The molecule has 1 aliphatic heterocycles. The number of carbonyl (C=O) groups is 2. The maximum Gasteiger partial charge on any atom is 0.352 e. The SMILES string of the molecule is COc1cc(-c2ccccc2Cl)c(Cl)cc1C(=O)c1cc(C(=O)O)n2c1CNc1ccccc1C2. The first-order valence-electron chi connectivity index (χ1n) is 10.8. The number of fused-ring (bicyclic) bond motifs is 2. The number of halogens is 2. The van der Waals surface area contributed by atoms with Gasteiger partial charge in [0.15, 0.2) is 5.78 Å². The number of rotatable bonds is 5. The molecule has 0 saturated carbocycles. The third kappa shape index (κ3) is 4.05. The molecular weight excluding hydrogens is 487 g/mol. The fraction of sp³-hybridized carbons (Fsp3) is 0.111. The molecule has 35 heavy (non-hydrogen) atoms. The molecule has 0 atom stereocenters. The number of nitrogens with one attached hydrogen (secondary N) is 1. The number of aromatic carboxylic acids is 1. The second kappa shape index (κ2) is 9.13. The van der Waals surface area contributed by atoms with Gasteiger partial charge in [0, 0.05) is 38.1 Å². The molecule has 1 aliphatic rings. The molecule has 0 spiro atoms. The Morgan fingerprint density at radius 3 is 2.43 bits per heavy atom. The lowest BCUT2D eigenvalue weighted by molar-refractivity contribution is 0.0685. The van der Waals surface area contributed by atoms with Gasteiger partial charge in [-0.25, -0.2) is 4.79 Å². The molecule has 176 valence electrons. The van der Waals surface area contributed by atoms with E-state index in [1.165, 1.54) is 13.2 Å². The minimum absolute atomic E-state index is 0.0413. The molecule has 0 saturated heterocycles. The van der Waals surface area contributed by atoms with Crippen LogP contribution < -0.4 is 10.1 Å². The molecule has 0 bridgehead atoms. The highest BCUT2D eigenvalue weighted by Gasteiger charge is 2.28. The van der Waals surface area contributed by atoms with Gasteiger partial charge in [-0.1, -0.05) is 59.6 Å². The number of para-hydroxylation sites is 1. The summed E-state index contributed by atoms with van der Waals surface area (Å²) in [6.07, 6.45) is 0. The monoisotopic (exact) mass is 506 g/mol. The standard InChI is InChI=1S/C27H20Cl2N2O4/c1-35-25-12-17(16-7-3-4-8-20(16)28)21(29)10-19(25)26(32)18-11-23(27(33)34)31-14-15-6-2-5-9-22(15)30-13-24(18)31/h2-12,30H,13-14H2,1H3,(H,33,34). The van der Waals surface area contributed by atoms with Crippen molar-refractivity contribution >= 4 is 40.6 Å². The van der Waals surface area contributed by atoms with Crippen LogP contribution in [-0.4, -0.2) is 28.5 Å². The van der Waals surface area contributed by atoms with Gasteiger partial charge >= 0.3 is 5.97 Å². The fourth-order valence-electron chi connectivity index (χ4n) is 4.44. The summed E-state index contributed by atoms with van der Waals surface area (Å²) in [7, 11) is 1.47. The van der Waals surface area contributed by atoms with Crippen LogP contribution in [0.5, 0.6) is 5.75 Å². The summed E-state index contributed by atoms with van der Waals surface area (Å²) in [5, 5.41) is 14.0. The molecule has 2 heterocycles. The number of ether oxygens (including phenoxy) is 1. The molecule has 0 aliphatic carbocycles. The summed E-state index contributed by atoms with van der Waals surface area (Å²) in [6, 6.07) is 19.6. The molecule has 0 fully saturated rings.